The van der Waals surface area contributed by atoms with Gasteiger partial charge in [0.2, 0.25) is 0 Å². The average Bonchev–Trinajstić information content (AvgIpc) is 3.38. The number of nitrogens with zero attached hydrogens (tertiary/aromatic N) is 2. The zero-order valence-corrected chi connectivity index (χ0v) is 15.6. The Morgan fingerprint density at radius 3 is 2.70 bits per heavy atom. The zero-order valence-electron chi connectivity index (χ0n) is 15.6. The Balaban J connectivity index is 1.43. The SMILES string of the molecule is O=C(NCC1(c2ccc(F)cc2)CCCC1)c1ccn(C2CCCNC2)n1. The van der Waals surface area contributed by atoms with Crippen LogP contribution in [-0.2, 0) is 5.41 Å². The van der Waals surface area contributed by atoms with Gasteiger partial charge in [0.15, 0.2) is 0 Å². The van der Waals surface area contributed by atoms with Gasteiger partial charge in [0.25, 0.3) is 5.91 Å². The van der Waals surface area contributed by atoms with Gasteiger partial charge in [-0.15, -0.1) is 0 Å². The lowest BCUT2D eigenvalue weighted by Gasteiger charge is -2.30. The van der Waals surface area contributed by atoms with E-state index in [4.69, 9.17) is 0 Å². The molecule has 2 heterocycles. The van der Waals surface area contributed by atoms with Crippen LogP contribution in [0.15, 0.2) is 36.5 Å². The fraction of sp³-hybridized carbons (Fsp3) is 0.524. The normalized spacial score (nSPS) is 21.9. The maximum absolute atomic E-state index is 13.3. The van der Waals surface area contributed by atoms with E-state index in [9.17, 15) is 9.18 Å². The number of hydrogen-bond acceptors (Lipinski definition) is 3. The summed E-state index contributed by atoms with van der Waals surface area (Å²) in [7, 11) is 0. The van der Waals surface area contributed by atoms with Gasteiger partial charge in [-0.1, -0.05) is 25.0 Å². The molecule has 1 amide bonds. The summed E-state index contributed by atoms with van der Waals surface area (Å²) < 4.78 is 15.2. The molecule has 1 aromatic carbocycles. The molecular formula is C21H27FN4O. The van der Waals surface area contributed by atoms with Crippen LogP contribution >= 0.6 is 0 Å². The van der Waals surface area contributed by atoms with Gasteiger partial charge in [-0.05, 0) is 56.0 Å². The number of hydrogen-bond donors (Lipinski definition) is 2. The van der Waals surface area contributed by atoms with E-state index in [1.54, 1.807) is 6.07 Å². The van der Waals surface area contributed by atoms with Crippen LogP contribution < -0.4 is 10.6 Å². The Hall–Kier alpha value is -2.21. The lowest BCUT2D eigenvalue weighted by atomic mass is 9.79. The van der Waals surface area contributed by atoms with Crippen LogP contribution in [0.5, 0.6) is 0 Å². The van der Waals surface area contributed by atoms with Crippen molar-refractivity contribution in [2.75, 3.05) is 19.6 Å². The van der Waals surface area contributed by atoms with Gasteiger partial charge in [-0.2, -0.15) is 5.10 Å². The molecule has 1 saturated carbocycles. The third-order valence-corrected chi connectivity index (χ3v) is 6.09. The third-order valence-electron chi connectivity index (χ3n) is 6.09. The highest BCUT2D eigenvalue weighted by Crippen LogP contribution is 2.40. The van der Waals surface area contributed by atoms with Crippen molar-refractivity contribution in [1.29, 1.82) is 0 Å². The van der Waals surface area contributed by atoms with Gasteiger partial charge in [0, 0.05) is 24.7 Å². The highest BCUT2D eigenvalue weighted by molar-refractivity contribution is 5.92. The van der Waals surface area contributed by atoms with E-state index in [0.29, 0.717) is 18.3 Å². The van der Waals surface area contributed by atoms with Crippen LogP contribution in [0.4, 0.5) is 4.39 Å². The van der Waals surface area contributed by atoms with E-state index in [-0.39, 0.29) is 17.1 Å². The van der Waals surface area contributed by atoms with Gasteiger partial charge in [-0.25, -0.2) is 4.39 Å². The van der Waals surface area contributed by atoms with Crippen molar-refractivity contribution >= 4 is 5.91 Å². The summed E-state index contributed by atoms with van der Waals surface area (Å²) in [6.07, 6.45) is 8.42. The molecule has 144 valence electrons. The maximum atomic E-state index is 13.3. The second kappa shape index (κ2) is 7.80. The molecule has 5 nitrogen and oxygen atoms in total. The van der Waals surface area contributed by atoms with E-state index < -0.39 is 0 Å². The van der Waals surface area contributed by atoms with E-state index in [1.165, 1.54) is 12.1 Å². The lowest BCUT2D eigenvalue weighted by Crippen LogP contribution is -2.39. The van der Waals surface area contributed by atoms with Gasteiger partial charge in [0.05, 0.1) is 6.04 Å². The van der Waals surface area contributed by atoms with Crippen LogP contribution in [0, 0.1) is 5.82 Å². The van der Waals surface area contributed by atoms with Crippen LogP contribution in [0.3, 0.4) is 0 Å². The molecule has 0 radical (unpaired) electrons. The topological polar surface area (TPSA) is 59.0 Å². The Morgan fingerprint density at radius 1 is 1.22 bits per heavy atom. The second-order valence-electron chi connectivity index (χ2n) is 7.86. The van der Waals surface area contributed by atoms with Crippen molar-refractivity contribution in [2.24, 2.45) is 0 Å². The highest BCUT2D eigenvalue weighted by atomic mass is 19.1. The summed E-state index contributed by atoms with van der Waals surface area (Å²) in [6.45, 7) is 2.52. The molecule has 2 N–H and O–H groups in total. The molecule has 2 aliphatic rings. The fourth-order valence-corrected chi connectivity index (χ4v) is 4.48. The first kappa shape index (κ1) is 18.2. The molecule has 1 aromatic heterocycles. The molecule has 1 aliphatic carbocycles. The number of amides is 1. The van der Waals surface area contributed by atoms with Crippen molar-refractivity contribution in [3.8, 4) is 0 Å². The molecule has 2 fully saturated rings. The molecule has 6 heteroatoms. The van der Waals surface area contributed by atoms with E-state index >= 15 is 0 Å². The molecular weight excluding hydrogens is 343 g/mol. The minimum absolute atomic E-state index is 0.0980. The Morgan fingerprint density at radius 2 is 2.00 bits per heavy atom. The highest BCUT2D eigenvalue weighted by Gasteiger charge is 2.36. The third kappa shape index (κ3) is 3.90. The molecule has 0 spiro atoms. The van der Waals surface area contributed by atoms with E-state index in [1.807, 2.05) is 23.0 Å². The first-order valence-corrected chi connectivity index (χ1v) is 9.96. The minimum Gasteiger partial charge on any atom is -0.350 e. The largest absolute Gasteiger partial charge is 0.350 e. The fourth-order valence-electron chi connectivity index (χ4n) is 4.48. The number of halogens is 1. The monoisotopic (exact) mass is 370 g/mol. The van der Waals surface area contributed by atoms with Crippen molar-refractivity contribution in [3.63, 3.8) is 0 Å². The number of nitrogens with one attached hydrogen (secondary N) is 2. The van der Waals surface area contributed by atoms with Crippen molar-refractivity contribution in [3.05, 3.63) is 53.6 Å². The summed E-state index contributed by atoms with van der Waals surface area (Å²) in [5.41, 5.74) is 1.48. The molecule has 4 rings (SSSR count). The van der Waals surface area contributed by atoms with Crippen LogP contribution in [0.25, 0.3) is 0 Å². The first-order chi connectivity index (χ1) is 13.2. The standard InChI is InChI=1S/C21H27FN4O/c22-17-7-5-16(6-8-17)21(10-1-2-11-21)15-24-20(27)19-9-13-26(25-19)18-4-3-12-23-14-18/h5-9,13,18,23H,1-4,10-12,14-15H2,(H,24,27). The van der Waals surface area contributed by atoms with E-state index in [0.717, 1.165) is 57.2 Å². The van der Waals surface area contributed by atoms with Crippen LogP contribution in [0.2, 0.25) is 0 Å². The first-order valence-electron chi connectivity index (χ1n) is 9.96. The van der Waals surface area contributed by atoms with Crippen molar-refractivity contribution in [2.45, 2.75) is 50.0 Å². The predicted octanol–water partition coefficient (Wildman–Crippen LogP) is 3.19. The molecule has 1 unspecified atom stereocenters. The maximum Gasteiger partial charge on any atom is 0.271 e. The average molecular weight is 370 g/mol. The van der Waals surface area contributed by atoms with Gasteiger partial charge in [0.1, 0.15) is 11.5 Å². The quantitative estimate of drug-likeness (QED) is 0.850. The van der Waals surface area contributed by atoms with Crippen LogP contribution in [0.1, 0.15) is 60.6 Å². The summed E-state index contributed by atoms with van der Waals surface area (Å²) in [5, 5.41) is 11.0. The molecule has 0 bridgehead atoms. The molecule has 1 atom stereocenters. The Labute approximate surface area is 159 Å². The summed E-state index contributed by atoms with van der Waals surface area (Å²) >= 11 is 0. The van der Waals surface area contributed by atoms with Crippen molar-refractivity contribution < 1.29 is 9.18 Å². The Bertz CT molecular complexity index is 774. The summed E-state index contributed by atoms with van der Waals surface area (Å²) in [6, 6.07) is 8.85. The molecule has 1 aliphatic heterocycles. The predicted molar refractivity (Wildman–Crippen MR) is 102 cm³/mol. The molecule has 27 heavy (non-hydrogen) atoms. The minimum atomic E-state index is -0.223. The van der Waals surface area contributed by atoms with Gasteiger partial charge < -0.3 is 10.6 Å². The van der Waals surface area contributed by atoms with E-state index in [2.05, 4.69) is 15.7 Å². The van der Waals surface area contributed by atoms with Gasteiger partial charge >= 0.3 is 0 Å². The van der Waals surface area contributed by atoms with Gasteiger partial charge in [-0.3, -0.25) is 9.48 Å². The number of benzene rings is 1. The Kier molecular flexibility index (Phi) is 5.25. The number of carbonyl (C=O) groups excluding carboxylic acids is 1. The lowest BCUT2D eigenvalue weighted by molar-refractivity contribution is 0.0936. The smallest absolute Gasteiger partial charge is 0.271 e. The number of rotatable bonds is 5. The second-order valence-corrected chi connectivity index (χ2v) is 7.86. The molecule has 2 aromatic rings. The summed E-state index contributed by atoms with van der Waals surface area (Å²) in [4.78, 5) is 12.7. The number of aromatic nitrogens is 2. The number of carbonyl (C=O) groups is 1. The zero-order chi connectivity index (χ0) is 18.7. The van der Waals surface area contributed by atoms with Crippen LogP contribution in [-0.4, -0.2) is 35.3 Å². The summed E-state index contributed by atoms with van der Waals surface area (Å²) in [5.74, 6) is -0.357. The number of piperidine rings is 1. The van der Waals surface area contributed by atoms with Crippen molar-refractivity contribution in [1.82, 2.24) is 20.4 Å². The molecule has 1 saturated heterocycles.